The van der Waals surface area contributed by atoms with Gasteiger partial charge in [-0.1, -0.05) is 13.8 Å². The Morgan fingerprint density at radius 3 is 2.20 bits per heavy atom. The highest BCUT2D eigenvalue weighted by molar-refractivity contribution is 6.12. The van der Waals surface area contributed by atoms with Crippen LogP contribution in [0, 0.1) is 23.5 Å². The lowest BCUT2D eigenvalue weighted by Gasteiger charge is -2.36. The van der Waals surface area contributed by atoms with Crippen molar-refractivity contribution in [1.29, 1.82) is 0 Å². The average molecular weight is 616 g/mol. The minimum atomic E-state index is -0.686. The smallest absolute Gasteiger partial charge is 0.332 e. The SMILES string of the molecule is CC(C)C(=O)N1CCC(C[C@@H](c2nc3ccc(F)cc3n2C)N2C(=O)CN(c3ccc(Oc4ccc(F)cc4)cc3)C2=O)CC1. The van der Waals surface area contributed by atoms with E-state index in [1.54, 1.807) is 41.9 Å². The standard InChI is InChI=1S/C34H35F2N5O4/c1-21(2)33(43)39-16-14-22(15-17-39)18-30(32-37-28-13-6-24(36)19-29(28)38(32)3)41-31(42)20-40(34(41)44)25-7-11-27(12-8-25)45-26-9-4-23(35)5-10-26/h4-13,19,21-22,30H,14-18,20H2,1-3H3/t30-/m0/s1. The fourth-order valence-corrected chi connectivity index (χ4v) is 6.23. The van der Waals surface area contributed by atoms with E-state index in [1.165, 1.54) is 46.2 Å². The summed E-state index contributed by atoms with van der Waals surface area (Å²) < 4.78 is 34.9. The molecule has 9 nitrogen and oxygen atoms in total. The number of fused-ring (bicyclic) bond motifs is 1. The van der Waals surface area contributed by atoms with Crippen LogP contribution in [0.4, 0.5) is 19.3 Å². The van der Waals surface area contributed by atoms with E-state index in [4.69, 9.17) is 9.72 Å². The number of rotatable bonds is 8. The van der Waals surface area contributed by atoms with Gasteiger partial charge in [-0.15, -0.1) is 0 Å². The minimum absolute atomic E-state index is 0.0796. The van der Waals surface area contributed by atoms with Crippen LogP contribution in [0.1, 0.15) is 45.0 Å². The highest BCUT2D eigenvalue weighted by Gasteiger charge is 2.44. The molecule has 6 rings (SSSR count). The number of anilines is 1. The van der Waals surface area contributed by atoms with Crippen LogP contribution in [0.3, 0.4) is 0 Å². The third-order valence-corrected chi connectivity index (χ3v) is 8.66. The summed E-state index contributed by atoms with van der Waals surface area (Å²) in [5.74, 6) is 0.517. The lowest BCUT2D eigenvalue weighted by Crippen LogP contribution is -2.42. The Morgan fingerprint density at radius 2 is 1.56 bits per heavy atom. The van der Waals surface area contributed by atoms with Crippen molar-refractivity contribution < 1.29 is 27.9 Å². The molecule has 0 unspecified atom stereocenters. The van der Waals surface area contributed by atoms with Crippen LogP contribution in [-0.4, -0.2) is 56.8 Å². The number of aryl methyl sites for hydroxylation is 1. The van der Waals surface area contributed by atoms with Gasteiger partial charge in [-0.05, 0) is 91.9 Å². The first-order chi connectivity index (χ1) is 21.6. The number of hydrogen-bond donors (Lipinski definition) is 0. The molecule has 3 heterocycles. The van der Waals surface area contributed by atoms with Gasteiger partial charge in [0.05, 0.1) is 17.1 Å². The molecule has 0 spiro atoms. The number of urea groups is 1. The number of amides is 4. The number of carbonyl (C=O) groups is 3. The van der Waals surface area contributed by atoms with Crippen LogP contribution in [0.15, 0.2) is 66.7 Å². The predicted octanol–water partition coefficient (Wildman–Crippen LogP) is 6.44. The monoisotopic (exact) mass is 615 g/mol. The maximum Gasteiger partial charge on any atom is 0.332 e. The molecule has 0 bridgehead atoms. The number of aromatic nitrogens is 2. The number of nitrogens with zero attached hydrogens (tertiary/aromatic N) is 5. The lowest BCUT2D eigenvalue weighted by molar-refractivity contribution is -0.135. The summed E-state index contributed by atoms with van der Waals surface area (Å²) >= 11 is 0. The first-order valence-electron chi connectivity index (χ1n) is 15.2. The van der Waals surface area contributed by atoms with E-state index in [0.717, 1.165) is 12.8 Å². The minimum Gasteiger partial charge on any atom is -0.457 e. The molecule has 0 N–H and O–H groups in total. The molecule has 45 heavy (non-hydrogen) atoms. The second kappa shape index (κ2) is 12.3. The molecule has 0 aliphatic carbocycles. The Kier molecular flexibility index (Phi) is 8.26. The second-order valence-electron chi connectivity index (χ2n) is 12.0. The van der Waals surface area contributed by atoms with E-state index in [0.29, 0.717) is 53.6 Å². The average Bonchev–Trinajstić information content (AvgIpc) is 3.51. The van der Waals surface area contributed by atoms with Gasteiger partial charge >= 0.3 is 6.03 Å². The van der Waals surface area contributed by atoms with Gasteiger partial charge in [0, 0.05) is 31.7 Å². The van der Waals surface area contributed by atoms with Gasteiger partial charge in [0.15, 0.2) is 0 Å². The van der Waals surface area contributed by atoms with Crippen molar-refractivity contribution in [3.8, 4) is 11.5 Å². The summed E-state index contributed by atoms with van der Waals surface area (Å²) in [6.45, 7) is 4.86. The molecular formula is C34H35F2N5O4. The number of benzene rings is 3. The molecule has 1 aromatic heterocycles. The lowest BCUT2D eigenvalue weighted by atomic mass is 9.89. The van der Waals surface area contributed by atoms with E-state index in [-0.39, 0.29) is 36.0 Å². The second-order valence-corrected chi connectivity index (χ2v) is 12.0. The molecule has 0 radical (unpaired) electrons. The van der Waals surface area contributed by atoms with Gasteiger partial charge in [-0.3, -0.25) is 19.4 Å². The Bertz CT molecular complexity index is 1730. The Hall–Kier alpha value is -4.80. The molecule has 2 fully saturated rings. The van der Waals surface area contributed by atoms with Crippen LogP contribution in [0.25, 0.3) is 11.0 Å². The van der Waals surface area contributed by atoms with E-state index in [9.17, 15) is 23.2 Å². The first kappa shape index (κ1) is 30.2. The molecule has 3 aromatic carbocycles. The highest BCUT2D eigenvalue weighted by atomic mass is 19.1. The third kappa shape index (κ3) is 6.11. The molecule has 4 aromatic rings. The molecule has 2 saturated heterocycles. The quantitative estimate of drug-likeness (QED) is 0.213. The van der Waals surface area contributed by atoms with Crippen molar-refractivity contribution in [3.63, 3.8) is 0 Å². The summed E-state index contributed by atoms with van der Waals surface area (Å²) in [4.78, 5) is 49.5. The van der Waals surface area contributed by atoms with Crippen LogP contribution >= 0.6 is 0 Å². The summed E-state index contributed by atoms with van der Waals surface area (Å²) in [6.07, 6.45) is 1.95. The summed E-state index contributed by atoms with van der Waals surface area (Å²) in [5.41, 5.74) is 1.66. The van der Waals surface area contributed by atoms with Crippen LogP contribution in [0.5, 0.6) is 11.5 Å². The maximum atomic E-state index is 14.2. The summed E-state index contributed by atoms with van der Waals surface area (Å²) in [7, 11) is 1.77. The summed E-state index contributed by atoms with van der Waals surface area (Å²) in [5, 5.41) is 0. The molecule has 234 valence electrons. The van der Waals surface area contributed by atoms with E-state index in [1.807, 2.05) is 18.7 Å². The van der Waals surface area contributed by atoms with E-state index in [2.05, 4.69) is 0 Å². The number of likely N-dealkylation sites (tertiary alicyclic amines) is 1. The van der Waals surface area contributed by atoms with Gasteiger partial charge in [-0.2, -0.15) is 0 Å². The largest absolute Gasteiger partial charge is 0.457 e. The van der Waals surface area contributed by atoms with Crippen LogP contribution in [-0.2, 0) is 16.6 Å². The number of halogens is 2. The van der Waals surface area contributed by atoms with Gasteiger partial charge in [-0.25, -0.2) is 18.6 Å². The molecule has 1 atom stereocenters. The van der Waals surface area contributed by atoms with Gasteiger partial charge < -0.3 is 14.2 Å². The Morgan fingerprint density at radius 1 is 0.933 bits per heavy atom. The number of imidazole rings is 1. The van der Waals surface area contributed by atoms with Crippen molar-refractivity contribution in [2.24, 2.45) is 18.9 Å². The van der Waals surface area contributed by atoms with Crippen molar-refractivity contribution in [2.45, 2.75) is 39.2 Å². The fraction of sp³-hybridized carbons (Fsp3) is 0.353. The molecule has 2 aliphatic heterocycles. The number of hydrogen-bond acceptors (Lipinski definition) is 5. The topological polar surface area (TPSA) is 88.0 Å². The van der Waals surface area contributed by atoms with Crippen molar-refractivity contribution in [1.82, 2.24) is 19.4 Å². The van der Waals surface area contributed by atoms with E-state index >= 15 is 0 Å². The number of ether oxygens (including phenoxy) is 1. The molecule has 4 amide bonds. The molecule has 2 aliphatic rings. The Balaban J connectivity index is 1.26. The molecular weight excluding hydrogens is 580 g/mol. The Labute approximate surface area is 260 Å². The number of carbonyl (C=O) groups excluding carboxylic acids is 3. The van der Waals surface area contributed by atoms with Gasteiger partial charge in [0.1, 0.15) is 35.5 Å². The van der Waals surface area contributed by atoms with Crippen molar-refractivity contribution >= 4 is 34.6 Å². The van der Waals surface area contributed by atoms with Crippen molar-refractivity contribution in [3.05, 3.63) is 84.2 Å². The zero-order valence-electron chi connectivity index (χ0n) is 25.5. The zero-order chi connectivity index (χ0) is 31.8. The fourth-order valence-electron chi connectivity index (χ4n) is 6.23. The normalized spacial score (nSPS) is 16.7. The third-order valence-electron chi connectivity index (χ3n) is 8.66. The molecule has 11 heteroatoms. The zero-order valence-corrected chi connectivity index (χ0v) is 25.5. The number of piperidine rings is 1. The highest BCUT2D eigenvalue weighted by Crippen LogP contribution is 2.37. The van der Waals surface area contributed by atoms with Crippen molar-refractivity contribution in [2.75, 3.05) is 24.5 Å². The van der Waals surface area contributed by atoms with Gasteiger partial charge in [0.25, 0.3) is 5.91 Å². The number of imide groups is 1. The first-order valence-corrected chi connectivity index (χ1v) is 15.2. The van der Waals surface area contributed by atoms with Crippen LogP contribution in [0.2, 0.25) is 0 Å². The van der Waals surface area contributed by atoms with Crippen LogP contribution < -0.4 is 9.64 Å². The summed E-state index contributed by atoms with van der Waals surface area (Å²) in [6, 6.07) is 15.6. The van der Waals surface area contributed by atoms with Gasteiger partial charge in [0.2, 0.25) is 5.91 Å². The van der Waals surface area contributed by atoms with E-state index < -0.39 is 17.9 Å². The maximum absolute atomic E-state index is 14.2. The molecule has 0 saturated carbocycles. The predicted molar refractivity (Wildman–Crippen MR) is 165 cm³/mol.